The first-order chi connectivity index (χ1) is 7.16. The van der Waals surface area contributed by atoms with Gasteiger partial charge in [0.15, 0.2) is 0 Å². The van der Waals surface area contributed by atoms with Crippen molar-refractivity contribution in [2.75, 3.05) is 24.6 Å². The molecule has 3 amide bonds. The highest BCUT2D eigenvalue weighted by Crippen LogP contribution is 2.25. The Kier molecular flexibility index (Phi) is 2.95. The van der Waals surface area contributed by atoms with Crippen LogP contribution >= 0.6 is 11.8 Å². The summed E-state index contributed by atoms with van der Waals surface area (Å²) in [7, 11) is 0. The average molecular weight is 228 g/mol. The van der Waals surface area contributed by atoms with E-state index in [2.05, 4.69) is 5.32 Å². The van der Waals surface area contributed by atoms with Crippen molar-refractivity contribution in [3.8, 4) is 0 Å². The fraction of sp³-hybridized carbons (Fsp3) is 0.667. The van der Waals surface area contributed by atoms with E-state index in [1.165, 1.54) is 4.90 Å². The Bertz CT molecular complexity index is 296. The molecule has 0 aromatic rings. The molecule has 2 fully saturated rings. The first-order valence-electron chi connectivity index (χ1n) is 4.86. The van der Waals surface area contributed by atoms with Gasteiger partial charge in [0.2, 0.25) is 17.7 Å². The number of hydrogen-bond acceptors (Lipinski definition) is 4. The molecule has 0 radical (unpaired) electrons. The van der Waals surface area contributed by atoms with Gasteiger partial charge >= 0.3 is 0 Å². The van der Waals surface area contributed by atoms with Crippen LogP contribution in [0.5, 0.6) is 0 Å². The van der Waals surface area contributed by atoms with Crippen LogP contribution in [0.25, 0.3) is 0 Å². The molecule has 82 valence electrons. The van der Waals surface area contributed by atoms with Crippen LogP contribution in [0, 0.1) is 5.92 Å². The minimum atomic E-state index is -0.384. The zero-order chi connectivity index (χ0) is 10.8. The van der Waals surface area contributed by atoms with Crippen molar-refractivity contribution in [1.82, 2.24) is 10.2 Å². The molecular weight excluding hydrogens is 216 g/mol. The van der Waals surface area contributed by atoms with Crippen molar-refractivity contribution in [3.05, 3.63) is 0 Å². The maximum absolute atomic E-state index is 11.9. The third-order valence-electron chi connectivity index (χ3n) is 2.54. The summed E-state index contributed by atoms with van der Waals surface area (Å²) in [5.41, 5.74) is 0. The third kappa shape index (κ3) is 2.31. The van der Waals surface area contributed by atoms with Crippen LogP contribution in [-0.2, 0) is 14.4 Å². The number of nitrogens with zero attached hydrogens (tertiary/aromatic N) is 1. The summed E-state index contributed by atoms with van der Waals surface area (Å²) in [5, 5.41) is 2.18. The van der Waals surface area contributed by atoms with Gasteiger partial charge in [-0.1, -0.05) is 0 Å². The Morgan fingerprint density at radius 1 is 1.33 bits per heavy atom. The maximum atomic E-state index is 11.9. The van der Waals surface area contributed by atoms with E-state index in [1.807, 2.05) is 0 Å². The average Bonchev–Trinajstić information content (AvgIpc) is 2.67. The molecule has 6 heteroatoms. The number of amides is 3. The normalized spacial score (nSPS) is 26.7. The van der Waals surface area contributed by atoms with E-state index in [4.69, 9.17) is 0 Å². The van der Waals surface area contributed by atoms with Crippen LogP contribution in [0.1, 0.15) is 6.42 Å². The highest BCUT2D eigenvalue weighted by molar-refractivity contribution is 7.99. The molecule has 0 aromatic carbocycles. The van der Waals surface area contributed by atoms with Gasteiger partial charge in [0.1, 0.15) is 13.1 Å². The van der Waals surface area contributed by atoms with Gasteiger partial charge in [-0.3, -0.25) is 19.7 Å². The molecule has 2 saturated heterocycles. The largest absolute Gasteiger partial charge is 0.324 e. The zero-order valence-electron chi connectivity index (χ0n) is 8.19. The summed E-state index contributed by atoms with van der Waals surface area (Å²) in [6.07, 6.45) is 0.857. The monoisotopic (exact) mass is 228 g/mol. The molecule has 15 heavy (non-hydrogen) atoms. The van der Waals surface area contributed by atoms with Crippen molar-refractivity contribution >= 4 is 29.5 Å². The Hall–Kier alpha value is -1.04. The topological polar surface area (TPSA) is 66.5 Å². The van der Waals surface area contributed by atoms with E-state index >= 15 is 0 Å². The molecule has 0 aromatic heterocycles. The lowest BCUT2D eigenvalue weighted by Gasteiger charge is -2.27. The van der Waals surface area contributed by atoms with Crippen LogP contribution in [0.2, 0.25) is 0 Å². The van der Waals surface area contributed by atoms with E-state index < -0.39 is 0 Å². The lowest BCUT2D eigenvalue weighted by atomic mass is 10.1. The van der Waals surface area contributed by atoms with Gasteiger partial charge in [-0.2, -0.15) is 11.8 Å². The van der Waals surface area contributed by atoms with E-state index in [9.17, 15) is 14.4 Å². The van der Waals surface area contributed by atoms with Gasteiger partial charge < -0.3 is 4.90 Å². The van der Waals surface area contributed by atoms with Crippen molar-refractivity contribution in [2.45, 2.75) is 6.42 Å². The number of rotatable bonds is 1. The number of thioether (sulfide) groups is 1. The Balaban J connectivity index is 1.99. The molecule has 0 aliphatic carbocycles. The first kappa shape index (κ1) is 10.5. The smallest absolute Gasteiger partial charge is 0.246 e. The summed E-state index contributed by atoms with van der Waals surface area (Å²) in [5.74, 6) is 0.975. The Labute approximate surface area is 91.6 Å². The summed E-state index contributed by atoms with van der Waals surface area (Å²) in [4.78, 5) is 35.4. The van der Waals surface area contributed by atoms with E-state index in [1.54, 1.807) is 11.8 Å². The zero-order valence-corrected chi connectivity index (χ0v) is 9.01. The van der Waals surface area contributed by atoms with Crippen LogP contribution < -0.4 is 5.32 Å². The number of imide groups is 1. The van der Waals surface area contributed by atoms with Crippen molar-refractivity contribution in [1.29, 1.82) is 0 Å². The number of nitrogens with one attached hydrogen (secondary N) is 1. The Morgan fingerprint density at radius 2 is 2.00 bits per heavy atom. The van der Waals surface area contributed by atoms with Gasteiger partial charge in [-0.05, 0) is 12.2 Å². The van der Waals surface area contributed by atoms with Crippen LogP contribution in [0.4, 0.5) is 0 Å². The standard InChI is InChI=1S/C9H12N2O3S/c12-7-3-11(4-8(13)10-7)9(14)6-1-2-15-5-6/h6H,1-5H2,(H,10,12,13). The van der Waals surface area contributed by atoms with E-state index in [0.29, 0.717) is 0 Å². The summed E-state index contributed by atoms with van der Waals surface area (Å²) in [6, 6.07) is 0. The number of carbonyl (C=O) groups is 3. The highest BCUT2D eigenvalue weighted by atomic mass is 32.2. The molecule has 2 aliphatic heterocycles. The van der Waals surface area contributed by atoms with Gasteiger partial charge in [-0.25, -0.2) is 0 Å². The molecule has 0 spiro atoms. The minimum absolute atomic E-state index is 0.00583. The van der Waals surface area contributed by atoms with Gasteiger partial charge in [0, 0.05) is 11.7 Å². The van der Waals surface area contributed by atoms with Crippen molar-refractivity contribution < 1.29 is 14.4 Å². The first-order valence-corrected chi connectivity index (χ1v) is 6.01. The molecule has 1 N–H and O–H groups in total. The van der Waals surface area contributed by atoms with Crippen LogP contribution in [-0.4, -0.2) is 47.2 Å². The Morgan fingerprint density at radius 3 is 2.53 bits per heavy atom. The van der Waals surface area contributed by atoms with Crippen molar-refractivity contribution in [2.24, 2.45) is 5.92 Å². The third-order valence-corrected chi connectivity index (χ3v) is 3.70. The molecule has 2 rings (SSSR count). The summed E-state index contributed by atoms with van der Waals surface area (Å²) >= 11 is 1.74. The fourth-order valence-corrected chi connectivity index (χ4v) is 2.99. The SMILES string of the molecule is O=C1CN(C(=O)C2CCSC2)CC(=O)N1. The molecule has 0 bridgehead atoms. The second kappa shape index (κ2) is 4.22. The predicted octanol–water partition coefficient (Wildman–Crippen LogP) is -0.775. The molecular formula is C9H12N2O3S. The van der Waals surface area contributed by atoms with Gasteiger partial charge in [0.05, 0.1) is 0 Å². The van der Waals surface area contributed by atoms with Crippen molar-refractivity contribution in [3.63, 3.8) is 0 Å². The van der Waals surface area contributed by atoms with Crippen LogP contribution in [0.15, 0.2) is 0 Å². The lowest BCUT2D eigenvalue weighted by Crippen LogP contribution is -2.54. The second-order valence-corrected chi connectivity index (χ2v) is 4.88. The number of carbonyl (C=O) groups excluding carboxylic acids is 3. The van der Waals surface area contributed by atoms with E-state index in [0.717, 1.165) is 17.9 Å². The molecule has 0 saturated carbocycles. The fourth-order valence-electron chi connectivity index (χ4n) is 1.78. The number of piperazine rings is 1. The lowest BCUT2D eigenvalue weighted by molar-refractivity contribution is -0.147. The molecule has 1 unspecified atom stereocenters. The van der Waals surface area contributed by atoms with Crippen LogP contribution in [0.3, 0.4) is 0 Å². The molecule has 2 aliphatic rings. The predicted molar refractivity (Wildman–Crippen MR) is 55.2 cm³/mol. The second-order valence-electron chi connectivity index (χ2n) is 3.73. The highest BCUT2D eigenvalue weighted by Gasteiger charge is 2.32. The summed E-state index contributed by atoms with van der Waals surface area (Å²) < 4.78 is 0. The van der Waals surface area contributed by atoms with Gasteiger partial charge in [-0.15, -0.1) is 0 Å². The number of hydrogen-bond donors (Lipinski definition) is 1. The maximum Gasteiger partial charge on any atom is 0.246 e. The van der Waals surface area contributed by atoms with E-state index in [-0.39, 0.29) is 36.7 Å². The van der Waals surface area contributed by atoms with Gasteiger partial charge in [0.25, 0.3) is 0 Å². The molecule has 5 nitrogen and oxygen atoms in total. The summed E-state index contributed by atoms with van der Waals surface area (Å²) in [6.45, 7) is 0.0392. The quantitative estimate of drug-likeness (QED) is 0.598. The molecule has 1 atom stereocenters. The molecule has 2 heterocycles. The minimum Gasteiger partial charge on any atom is -0.324 e.